The number of anilines is 1. The highest BCUT2D eigenvalue weighted by Crippen LogP contribution is 2.37. The predicted octanol–water partition coefficient (Wildman–Crippen LogP) is 1.88. The van der Waals surface area contributed by atoms with Crippen LogP contribution < -0.4 is 20.9 Å². The number of unbranched alkanes of at least 4 members (excludes halogenated alkanes) is 2. The van der Waals surface area contributed by atoms with Gasteiger partial charge >= 0.3 is 8.60 Å². The Morgan fingerprint density at radius 2 is 2.04 bits per heavy atom. The van der Waals surface area contributed by atoms with Crippen molar-refractivity contribution in [3.63, 3.8) is 0 Å². The molecule has 0 bridgehead atoms. The molecule has 1 atom stereocenters. The zero-order valence-electron chi connectivity index (χ0n) is 14.6. The first-order valence-electron chi connectivity index (χ1n) is 8.30. The standard InChI is InChI=1S/C16H25FN3O5P/c1-2-19-16(22)15(17)11-7-8-13(25-26(23)24)12(10-11)20-14(21)6-4-3-5-9-18/h7-8,10,15,23-24H,2-6,9,18H2,1H3,(H,19,22)(H,20,21). The second kappa shape index (κ2) is 11.7. The number of halogens is 1. The minimum Gasteiger partial charge on any atom is -0.425 e. The van der Waals surface area contributed by atoms with Crippen LogP contribution in [0.25, 0.3) is 0 Å². The van der Waals surface area contributed by atoms with Crippen LogP contribution in [-0.4, -0.2) is 34.7 Å². The van der Waals surface area contributed by atoms with Crippen LogP contribution in [0, 0.1) is 0 Å². The van der Waals surface area contributed by atoms with Gasteiger partial charge in [0, 0.05) is 13.0 Å². The molecule has 8 nitrogen and oxygen atoms in total. The van der Waals surface area contributed by atoms with Gasteiger partial charge in [-0.2, -0.15) is 0 Å². The van der Waals surface area contributed by atoms with Gasteiger partial charge in [0.05, 0.1) is 5.69 Å². The summed E-state index contributed by atoms with van der Waals surface area (Å²) in [4.78, 5) is 41.8. The van der Waals surface area contributed by atoms with E-state index in [2.05, 4.69) is 10.6 Å². The van der Waals surface area contributed by atoms with Crippen molar-refractivity contribution in [1.82, 2.24) is 5.32 Å². The van der Waals surface area contributed by atoms with Crippen LogP contribution >= 0.6 is 8.60 Å². The third kappa shape index (κ3) is 7.61. The lowest BCUT2D eigenvalue weighted by Gasteiger charge is -2.15. The quantitative estimate of drug-likeness (QED) is 0.290. The lowest BCUT2D eigenvalue weighted by molar-refractivity contribution is -0.126. The number of benzene rings is 1. The third-order valence-corrected chi connectivity index (χ3v) is 3.80. The second-order valence-corrected chi connectivity index (χ2v) is 6.19. The number of nitrogens with two attached hydrogens (primary N) is 1. The maximum atomic E-state index is 14.2. The topological polar surface area (TPSA) is 134 Å². The monoisotopic (exact) mass is 389 g/mol. The maximum Gasteiger partial charge on any atom is 0.391 e. The highest BCUT2D eigenvalue weighted by Gasteiger charge is 2.21. The van der Waals surface area contributed by atoms with Gasteiger partial charge < -0.3 is 30.7 Å². The molecule has 0 radical (unpaired) electrons. The zero-order valence-corrected chi connectivity index (χ0v) is 15.5. The summed E-state index contributed by atoms with van der Waals surface area (Å²) in [6.45, 7) is 2.50. The van der Waals surface area contributed by atoms with Gasteiger partial charge in [-0.15, -0.1) is 0 Å². The number of nitrogens with one attached hydrogen (secondary N) is 2. The van der Waals surface area contributed by atoms with Crippen molar-refractivity contribution >= 4 is 26.1 Å². The van der Waals surface area contributed by atoms with Crippen molar-refractivity contribution in [2.24, 2.45) is 5.73 Å². The van der Waals surface area contributed by atoms with Gasteiger partial charge in [0.2, 0.25) is 12.1 Å². The highest BCUT2D eigenvalue weighted by atomic mass is 31.2. The van der Waals surface area contributed by atoms with E-state index >= 15 is 0 Å². The minimum atomic E-state index is -2.72. The van der Waals surface area contributed by atoms with E-state index in [1.54, 1.807) is 6.92 Å². The van der Waals surface area contributed by atoms with Crippen LogP contribution in [0.5, 0.6) is 5.75 Å². The summed E-state index contributed by atoms with van der Waals surface area (Å²) in [5.74, 6) is -1.16. The molecular formula is C16H25FN3O5P. The van der Waals surface area contributed by atoms with Gasteiger partial charge in [-0.1, -0.05) is 12.5 Å². The Kier molecular flexibility index (Phi) is 10.0. The molecule has 6 N–H and O–H groups in total. The molecule has 1 unspecified atom stereocenters. The van der Waals surface area contributed by atoms with E-state index in [-0.39, 0.29) is 35.9 Å². The van der Waals surface area contributed by atoms with Crippen LogP contribution in [-0.2, 0) is 9.59 Å². The fraction of sp³-hybridized carbons (Fsp3) is 0.500. The van der Waals surface area contributed by atoms with Crippen molar-refractivity contribution in [2.45, 2.75) is 38.8 Å². The van der Waals surface area contributed by atoms with E-state index in [0.29, 0.717) is 13.0 Å². The van der Waals surface area contributed by atoms with Crippen molar-refractivity contribution in [2.75, 3.05) is 18.4 Å². The number of alkyl halides is 1. The van der Waals surface area contributed by atoms with Crippen LogP contribution in [0.4, 0.5) is 10.1 Å². The second-order valence-electron chi connectivity index (χ2n) is 5.50. The Morgan fingerprint density at radius 3 is 2.65 bits per heavy atom. The van der Waals surface area contributed by atoms with E-state index in [4.69, 9.17) is 20.0 Å². The van der Waals surface area contributed by atoms with E-state index in [0.717, 1.165) is 12.8 Å². The molecule has 1 aromatic carbocycles. The molecular weight excluding hydrogens is 364 g/mol. The largest absolute Gasteiger partial charge is 0.425 e. The molecule has 26 heavy (non-hydrogen) atoms. The Bertz CT molecular complexity index is 603. The summed E-state index contributed by atoms with van der Waals surface area (Å²) < 4.78 is 19.1. The molecule has 0 spiro atoms. The molecule has 0 aliphatic carbocycles. The first kappa shape index (κ1) is 22.2. The summed E-state index contributed by atoms with van der Waals surface area (Å²) in [6, 6.07) is 3.80. The van der Waals surface area contributed by atoms with Gasteiger partial charge in [0.1, 0.15) is 0 Å². The fourth-order valence-electron chi connectivity index (χ4n) is 2.21. The zero-order chi connectivity index (χ0) is 19.5. The van der Waals surface area contributed by atoms with E-state index in [1.165, 1.54) is 18.2 Å². The first-order valence-corrected chi connectivity index (χ1v) is 9.47. The predicted molar refractivity (Wildman–Crippen MR) is 97.1 cm³/mol. The first-order chi connectivity index (χ1) is 12.4. The van der Waals surface area contributed by atoms with Gasteiger partial charge in [-0.25, -0.2) is 4.39 Å². The summed E-state index contributed by atoms with van der Waals surface area (Å²) in [5.41, 5.74) is 5.47. The van der Waals surface area contributed by atoms with Gasteiger partial charge in [0.15, 0.2) is 5.75 Å². The average Bonchev–Trinajstić information content (AvgIpc) is 2.59. The Labute approximate surface area is 152 Å². The maximum absolute atomic E-state index is 14.2. The molecule has 0 aliphatic heterocycles. The highest BCUT2D eigenvalue weighted by molar-refractivity contribution is 7.39. The Hall–Kier alpha value is -1.80. The molecule has 0 aromatic heterocycles. The van der Waals surface area contributed by atoms with Crippen LogP contribution in [0.2, 0.25) is 0 Å². The molecule has 0 saturated heterocycles. The summed E-state index contributed by atoms with van der Waals surface area (Å²) >= 11 is 0. The molecule has 0 heterocycles. The van der Waals surface area contributed by atoms with Crippen molar-refractivity contribution < 1.29 is 28.3 Å². The number of amides is 2. The number of carbonyl (C=O) groups is 2. The molecule has 2 amide bonds. The fourth-order valence-corrected chi connectivity index (χ4v) is 2.54. The molecule has 0 saturated carbocycles. The average molecular weight is 389 g/mol. The third-order valence-electron chi connectivity index (χ3n) is 3.44. The summed E-state index contributed by atoms with van der Waals surface area (Å²) in [7, 11) is -2.72. The number of carbonyl (C=O) groups excluding carboxylic acids is 2. The number of hydrogen-bond donors (Lipinski definition) is 5. The number of likely N-dealkylation sites (N-methyl/N-ethyl adjacent to an activating group) is 1. The van der Waals surface area contributed by atoms with Crippen molar-refractivity contribution in [1.29, 1.82) is 0 Å². The lowest BCUT2D eigenvalue weighted by atomic mass is 10.1. The van der Waals surface area contributed by atoms with Crippen LogP contribution in [0.3, 0.4) is 0 Å². The molecule has 0 aliphatic rings. The number of hydrogen-bond acceptors (Lipinski definition) is 6. The SMILES string of the molecule is CCNC(=O)C(F)c1ccc(OP(O)O)c(NC(=O)CCCCCN)c1. The van der Waals surface area contributed by atoms with Crippen LogP contribution in [0.15, 0.2) is 18.2 Å². The molecule has 146 valence electrons. The molecule has 0 fully saturated rings. The molecule has 1 aromatic rings. The van der Waals surface area contributed by atoms with Crippen LogP contribution in [0.1, 0.15) is 44.3 Å². The normalized spacial score (nSPS) is 11.9. The summed E-state index contributed by atoms with van der Waals surface area (Å²) in [5, 5.41) is 4.92. The molecule has 1 rings (SSSR count). The van der Waals surface area contributed by atoms with E-state index < -0.39 is 20.7 Å². The lowest BCUT2D eigenvalue weighted by Crippen LogP contribution is -2.27. The molecule has 10 heteroatoms. The van der Waals surface area contributed by atoms with Gasteiger partial charge in [0.25, 0.3) is 5.91 Å². The van der Waals surface area contributed by atoms with Crippen molar-refractivity contribution in [3.05, 3.63) is 23.8 Å². The van der Waals surface area contributed by atoms with E-state index in [1.807, 2.05) is 0 Å². The Morgan fingerprint density at radius 1 is 1.31 bits per heavy atom. The minimum absolute atomic E-state index is 0.0157. The van der Waals surface area contributed by atoms with Gasteiger partial charge in [-0.05, 0) is 44.0 Å². The summed E-state index contributed by atoms with van der Waals surface area (Å²) in [6.07, 6.45) is 0.554. The van der Waals surface area contributed by atoms with Crippen molar-refractivity contribution in [3.8, 4) is 5.75 Å². The van der Waals surface area contributed by atoms with Gasteiger partial charge in [-0.3, -0.25) is 9.59 Å². The van der Waals surface area contributed by atoms with E-state index in [9.17, 15) is 14.0 Å². The number of rotatable bonds is 11. The smallest absolute Gasteiger partial charge is 0.391 e. The Balaban J connectivity index is 2.91.